The maximum absolute atomic E-state index is 10.6. The number of aliphatic hydroxyl groups is 1. The Morgan fingerprint density at radius 2 is 2.32 bits per heavy atom. The largest absolute Gasteiger partial charge is 0.491 e. The summed E-state index contributed by atoms with van der Waals surface area (Å²) >= 11 is 0. The Bertz CT molecular complexity index is 475. The van der Waals surface area contributed by atoms with E-state index in [1.165, 1.54) is 0 Å². The Morgan fingerprint density at radius 3 is 3.00 bits per heavy atom. The first-order valence-corrected chi connectivity index (χ1v) is 6.36. The van der Waals surface area contributed by atoms with Crippen LogP contribution in [0.5, 0.6) is 5.75 Å². The minimum atomic E-state index is -0.859. The lowest BCUT2D eigenvalue weighted by Crippen LogP contribution is -2.47. The lowest BCUT2D eigenvalue weighted by molar-refractivity contribution is -0.137. The van der Waals surface area contributed by atoms with E-state index in [2.05, 4.69) is 5.32 Å². The van der Waals surface area contributed by atoms with Gasteiger partial charge in [0.25, 0.3) is 0 Å². The highest BCUT2D eigenvalue weighted by molar-refractivity contribution is 5.67. The standard InChI is InChI=1S/C14H19NO4/c1-8-3-4-10-12(5-8)19-7-11(14(10)18)15-9(2)6-13(16)17/h3-5,9,11,14-15,18H,6-7H2,1-2H3,(H,16,17)/t9?,11?,14-/m0/s1. The molecule has 0 radical (unpaired) electrons. The van der Waals surface area contributed by atoms with Gasteiger partial charge in [0.15, 0.2) is 0 Å². The van der Waals surface area contributed by atoms with E-state index in [-0.39, 0.29) is 18.5 Å². The van der Waals surface area contributed by atoms with Crippen molar-refractivity contribution in [1.82, 2.24) is 5.32 Å². The van der Waals surface area contributed by atoms with Crippen molar-refractivity contribution in [3.8, 4) is 5.75 Å². The van der Waals surface area contributed by atoms with Crippen LogP contribution in [0.1, 0.15) is 30.6 Å². The van der Waals surface area contributed by atoms with Crippen molar-refractivity contribution < 1.29 is 19.7 Å². The number of aryl methyl sites for hydroxylation is 1. The van der Waals surface area contributed by atoms with E-state index in [9.17, 15) is 9.90 Å². The van der Waals surface area contributed by atoms with Crippen LogP contribution in [0.3, 0.4) is 0 Å². The smallest absolute Gasteiger partial charge is 0.304 e. The van der Waals surface area contributed by atoms with Crippen LogP contribution < -0.4 is 10.1 Å². The van der Waals surface area contributed by atoms with Crippen LogP contribution >= 0.6 is 0 Å². The first-order valence-electron chi connectivity index (χ1n) is 6.36. The summed E-state index contributed by atoms with van der Waals surface area (Å²) in [5.74, 6) is -0.154. The van der Waals surface area contributed by atoms with Crippen LogP contribution in [0.15, 0.2) is 18.2 Å². The lowest BCUT2D eigenvalue weighted by Gasteiger charge is -2.32. The highest BCUT2D eigenvalue weighted by Crippen LogP contribution is 2.32. The third kappa shape index (κ3) is 3.24. The van der Waals surface area contributed by atoms with Crippen molar-refractivity contribution in [2.75, 3.05) is 6.61 Å². The molecule has 1 aliphatic heterocycles. The van der Waals surface area contributed by atoms with Crippen LogP contribution in [0, 0.1) is 6.92 Å². The predicted molar refractivity (Wildman–Crippen MR) is 70.3 cm³/mol. The van der Waals surface area contributed by atoms with Crippen LogP contribution in [0.25, 0.3) is 0 Å². The van der Waals surface area contributed by atoms with Gasteiger partial charge in [-0.2, -0.15) is 0 Å². The Hall–Kier alpha value is -1.59. The van der Waals surface area contributed by atoms with Crippen molar-refractivity contribution in [2.24, 2.45) is 0 Å². The van der Waals surface area contributed by atoms with Crippen molar-refractivity contribution in [1.29, 1.82) is 0 Å². The molecule has 1 aromatic carbocycles. The molecule has 3 N–H and O–H groups in total. The van der Waals surface area contributed by atoms with E-state index in [1.54, 1.807) is 6.92 Å². The molecule has 1 heterocycles. The summed E-state index contributed by atoms with van der Waals surface area (Å²) in [4.78, 5) is 10.6. The molecule has 3 atom stereocenters. The zero-order valence-electron chi connectivity index (χ0n) is 11.1. The van der Waals surface area contributed by atoms with Gasteiger partial charge >= 0.3 is 5.97 Å². The number of benzene rings is 1. The van der Waals surface area contributed by atoms with Gasteiger partial charge in [0.05, 0.1) is 12.5 Å². The highest BCUT2D eigenvalue weighted by atomic mass is 16.5. The number of hydrogen-bond acceptors (Lipinski definition) is 4. The number of aliphatic carboxylic acids is 1. The molecule has 5 nitrogen and oxygen atoms in total. The number of carbonyl (C=O) groups is 1. The molecule has 0 fully saturated rings. The minimum absolute atomic E-state index is 0.0178. The van der Waals surface area contributed by atoms with Crippen molar-refractivity contribution in [2.45, 2.75) is 38.5 Å². The summed E-state index contributed by atoms with van der Waals surface area (Å²) in [6, 6.07) is 5.17. The van der Waals surface area contributed by atoms with E-state index in [0.29, 0.717) is 12.4 Å². The number of hydrogen-bond donors (Lipinski definition) is 3. The van der Waals surface area contributed by atoms with Crippen LogP contribution in [0.4, 0.5) is 0 Å². The zero-order chi connectivity index (χ0) is 14.0. The molecule has 104 valence electrons. The number of rotatable bonds is 4. The normalized spacial score (nSPS) is 23.3. The quantitative estimate of drug-likeness (QED) is 0.763. The average Bonchev–Trinajstić information content (AvgIpc) is 2.31. The number of nitrogens with one attached hydrogen (secondary N) is 1. The maximum atomic E-state index is 10.6. The molecule has 0 bridgehead atoms. The number of carboxylic acid groups (broad SMARTS) is 1. The Balaban J connectivity index is 2.06. The van der Waals surface area contributed by atoms with Crippen LogP contribution in [-0.2, 0) is 4.79 Å². The van der Waals surface area contributed by atoms with Gasteiger partial charge in [0, 0.05) is 11.6 Å². The minimum Gasteiger partial charge on any atom is -0.491 e. The molecular formula is C14H19NO4. The number of carboxylic acids is 1. The monoisotopic (exact) mass is 265 g/mol. The Morgan fingerprint density at radius 1 is 1.58 bits per heavy atom. The third-order valence-corrected chi connectivity index (χ3v) is 3.27. The fourth-order valence-electron chi connectivity index (χ4n) is 2.32. The van der Waals surface area contributed by atoms with Crippen LogP contribution in [-0.4, -0.2) is 34.9 Å². The van der Waals surface area contributed by atoms with Gasteiger partial charge < -0.3 is 20.3 Å². The van der Waals surface area contributed by atoms with Gasteiger partial charge in [-0.15, -0.1) is 0 Å². The van der Waals surface area contributed by atoms with Gasteiger partial charge in [-0.25, -0.2) is 0 Å². The Labute approximate surface area is 112 Å². The molecule has 0 amide bonds. The molecule has 0 spiro atoms. The lowest BCUT2D eigenvalue weighted by atomic mass is 9.97. The summed E-state index contributed by atoms with van der Waals surface area (Å²) in [5, 5.41) is 22.1. The number of aliphatic hydroxyl groups excluding tert-OH is 1. The molecule has 2 rings (SSSR count). The van der Waals surface area contributed by atoms with Gasteiger partial charge in [0.2, 0.25) is 0 Å². The second-order valence-electron chi connectivity index (χ2n) is 5.07. The van der Waals surface area contributed by atoms with E-state index < -0.39 is 12.1 Å². The summed E-state index contributed by atoms with van der Waals surface area (Å²) < 4.78 is 5.62. The van der Waals surface area contributed by atoms with E-state index in [1.807, 2.05) is 25.1 Å². The van der Waals surface area contributed by atoms with Gasteiger partial charge in [-0.05, 0) is 25.5 Å². The molecule has 2 unspecified atom stereocenters. The average molecular weight is 265 g/mol. The molecule has 1 aromatic rings. The van der Waals surface area contributed by atoms with Crippen molar-refractivity contribution in [3.05, 3.63) is 29.3 Å². The SMILES string of the molecule is Cc1ccc2c(c1)OCC(NC(C)CC(=O)O)[C@H]2O. The van der Waals surface area contributed by atoms with Gasteiger partial charge in [0.1, 0.15) is 18.5 Å². The van der Waals surface area contributed by atoms with E-state index >= 15 is 0 Å². The predicted octanol–water partition coefficient (Wildman–Crippen LogP) is 1.24. The number of fused-ring (bicyclic) bond motifs is 1. The summed E-state index contributed by atoms with van der Waals surface area (Å²) in [6.07, 6.45) is -0.662. The van der Waals surface area contributed by atoms with Gasteiger partial charge in [-0.1, -0.05) is 12.1 Å². The maximum Gasteiger partial charge on any atom is 0.304 e. The Kier molecular flexibility index (Phi) is 4.07. The molecule has 0 aliphatic carbocycles. The topological polar surface area (TPSA) is 78.8 Å². The zero-order valence-corrected chi connectivity index (χ0v) is 11.1. The fraction of sp³-hybridized carbons (Fsp3) is 0.500. The molecule has 19 heavy (non-hydrogen) atoms. The van der Waals surface area contributed by atoms with Crippen molar-refractivity contribution in [3.63, 3.8) is 0 Å². The highest BCUT2D eigenvalue weighted by Gasteiger charge is 2.30. The third-order valence-electron chi connectivity index (χ3n) is 3.27. The van der Waals surface area contributed by atoms with E-state index in [4.69, 9.17) is 9.84 Å². The van der Waals surface area contributed by atoms with Crippen LogP contribution in [0.2, 0.25) is 0 Å². The molecule has 0 aromatic heterocycles. The van der Waals surface area contributed by atoms with E-state index in [0.717, 1.165) is 11.1 Å². The second kappa shape index (κ2) is 5.59. The van der Waals surface area contributed by atoms with Gasteiger partial charge in [-0.3, -0.25) is 4.79 Å². The molecule has 0 saturated heterocycles. The number of ether oxygens (including phenoxy) is 1. The fourth-order valence-corrected chi connectivity index (χ4v) is 2.32. The molecule has 0 saturated carbocycles. The molecular weight excluding hydrogens is 246 g/mol. The first kappa shape index (κ1) is 13.8. The summed E-state index contributed by atoms with van der Waals surface area (Å²) in [7, 11) is 0. The first-order chi connectivity index (χ1) is 8.97. The molecule has 5 heteroatoms. The molecule has 1 aliphatic rings. The summed E-state index contributed by atoms with van der Waals surface area (Å²) in [6.45, 7) is 4.09. The second-order valence-corrected chi connectivity index (χ2v) is 5.07. The summed E-state index contributed by atoms with van der Waals surface area (Å²) in [5.41, 5.74) is 1.83. The van der Waals surface area contributed by atoms with Crippen molar-refractivity contribution >= 4 is 5.97 Å².